The van der Waals surface area contributed by atoms with E-state index in [0.29, 0.717) is 12.5 Å². The summed E-state index contributed by atoms with van der Waals surface area (Å²) >= 11 is 3.10. The number of rotatable bonds is 4. The summed E-state index contributed by atoms with van der Waals surface area (Å²) in [6, 6.07) is 7.76. The van der Waals surface area contributed by atoms with E-state index in [0.717, 1.165) is 35.9 Å². The Balaban J connectivity index is 1.33. The summed E-state index contributed by atoms with van der Waals surface area (Å²) in [7, 11) is 0. The highest BCUT2D eigenvalue weighted by atomic mass is 32.1. The second-order valence-corrected chi connectivity index (χ2v) is 7.39. The zero-order valence-corrected chi connectivity index (χ0v) is 14.5. The van der Waals surface area contributed by atoms with E-state index in [9.17, 15) is 4.79 Å². The number of tetrazole rings is 1. The number of carbonyl (C=O) groups excluding carboxylic acids is 1. The van der Waals surface area contributed by atoms with Gasteiger partial charge in [0, 0.05) is 26.2 Å². The predicted molar refractivity (Wildman–Crippen MR) is 92.9 cm³/mol. The van der Waals surface area contributed by atoms with E-state index >= 15 is 0 Å². The van der Waals surface area contributed by atoms with Crippen LogP contribution in [0.15, 0.2) is 35.0 Å². The lowest BCUT2D eigenvalue weighted by Crippen LogP contribution is -2.49. The summed E-state index contributed by atoms with van der Waals surface area (Å²) in [5, 5.41) is 16.6. The summed E-state index contributed by atoms with van der Waals surface area (Å²) in [6.07, 6.45) is 0. The molecule has 1 aliphatic heterocycles. The van der Waals surface area contributed by atoms with Crippen LogP contribution < -0.4 is 0 Å². The molecule has 0 aliphatic carbocycles. The molecule has 4 heterocycles. The van der Waals surface area contributed by atoms with E-state index in [2.05, 4.69) is 20.3 Å². The minimum Gasteiger partial charge on any atom is -0.335 e. The van der Waals surface area contributed by atoms with Crippen LogP contribution in [0.3, 0.4) is 0 Å². The number of hydrogen-bond acceptors (Lipinski definition) is 7. The van der Waals surface area contributed by atoms with Gasteiger partial charge in [-0.1, -0.05) is 12.1 Å². The van der Waals surface area contributed by atoms with Crippen molar-refractivity contribution in [1.82, 2.24) is 30.0 Å². The third-order valence-corrected chi connectivity index (χ3v) is 5.64. The number of hydrogen-bond donors (Lipinski definition) is 0. The van der Waals surface area contributed by atoms with Gasteiger partial charge in [-0.25, -0.2) is 0 Å². The Hall–Kier alpha value is -2.10. The summed E-state index contributed by atoms with van der Waals surface area (Å²) in [5.74, 6) is 0.792. The van der Waals surface area contributed by atoms with Crippen molar-refractivity contribution in [2.75, 3.05) is 26.2 Å². The zero-order valence-electron chi connectivity index (χ0n) is 12.9. The van der Waals surface area contributed by atoms with Crippen molar-refractivity contribution in [1.29, 1.82) is 0 Å². The lowest BCUT2D eigenvalue weighted by Gasteiger charge is -2.33. The van der Waals surface area contributed by atoms with Crippen LogP contribution >= 0.6 is 22.7 Å². The Labute approximate surface area is 147 Å². The van der Waals surface area contributed by atoms with Gasteiger partial charge >= 0.3 is 0 Å². The van der Waals surface area contributed by atoms with Crippen molar-refractivity contribution in [3.8, 4) is 10.7 Å². The average Bonchev–Trinajstić information content (AvgIpc) is 3.36. The van der Waals surface area contributed by atoms with Gasteiger partial charge in [-0.2, -0.15) is 0 Å². The van der Waals surface area contributed by atoms with Gasteiger partial charge in [-0.15, -0.1) is 37.7 Å². The molecule has 24 heavy (non-hydrogen) atoms. The van der Waals surface area contributed by atoms with Gasteiger partial charge in [0.25, 0.3) is 5.91 Å². The topological polar surface area (TPSA) is 67.2 Å². The first-order chi connectivity index (χ1) is 11.8. The van der Waals surface area contributed by atoms with Gasteiger partial charge in [-0.05, 0) is 28.1 Å². The van der Waals surface area contributed by atoms with Crippen molar-refractivity contribution in [2.24, 2.45) is 0 Å². The molecule has 1 saturated heterocycles. The first kappa shape index (κ1) is 15.4. The quantitative estimate of drug-likeness (QED) is 0.711. The van der Waals surface area contributed by atoms with E-state index in [4.69, 9.17) is 0 Å². The molecule has 7 nitrogen and oxygen atoms in total. The molecule has 9 heteroatoms. The second-order valence-electron chi connectivity index (χ2n) is 5.49. The lowest BCUT2D eigenvalue weighted by atomic mass is 10.3. The first-order valence-corrected chi connectivity index (χ1v) is 9.42. The van der Waals surface area contributed by atoms with Gasteiger partial charge in [0.1, 0.15) is 6.67 Å². The highest BCUT2D eigenvalue weighted by molar-refractivity contribution is 7.13. The number of nitrogens with zero attached hydrogens (tertiary/aromatic N) is 6. The van der Waals surface area contributed by atoms with Crippen LogP contribution in [0.25, 0.3) is 10.7 Å². The Bertz CT molecular complexity index is 790. The molecule has 0 aromatic carbocycles. The normalized spacial score (nSPS) is 15.8. The number of piperazine rings is 1. The predicted octanol–water partition coefficient (Wildman–Crippen LogP) is 1.88. The number of amides is 1. The molecular formula is C15H16N6OS2. The molecule has 3 aromatic rings. The van der Waals surface area contributed by atoms with E-state index < -0.39 is 0 Å². The minimum atomic E-state index is 0.128. The zero-order chi connectivity index (χ0) is 16.4. The monoisotopic (exact) mass is 360 g/mol. The number of carbonyl (C=O) groups is 1. The van der Waals surface area contributed by atoms with E-state index in [-0.39, 0.29) is 5.91 Å². The largest absolute Gasteiger partial charge is 0.335 e. The van der Waals surface area contributed by atoms with Crippen LogP contribution in [-0.4, -0.2) is 62.1 Å². The molecule has 0 N–H and O–H groups in total. The summed E-state index contributed by atoms with van der Waals surface area (Å²) < 4.78 is 0. The van der Waals surface area contributed by atoms with E-state index in [1.807, 2.05) is 39.9 Å². The van der Waals surface area contributed by atoms with Gasteiger partial charge in [0.05, 0.1) is 9.75 Å². The fourth-order valence-corrected chi connectivity index (χ4v) is 3.97. The number of thiophene rings is 2. The van der Waals surface area contributed by atoms with Crippen molar-refractivity contribution >= 4 is 28.6 Å². The molecule has 0 bridgehead atoms. The van der Waals surface area contributed by atoms with Gasteiger partial charge in [0.2, 0.25) is 5.82 Å². The summed E-state index contributed by atoms with van der Waals surface area (Å²) in [4.78, 5) is 19.9. The minimum absolute atomic E-state index is 0.128. The van der Waals surface area contributed by atoms with Crippen molar-refractivity contribution in [3.63, 3.8) is 0 Å². The standard InChI is InChI=1S/C15H16N6OS2/c22-15(13-4-2-10-24-13)20-7-5-19(6-8-20)11-21-17-14(16-18-21)12-3-1-9-23-12/h1-4,9-10H,5-8,11H2. The highest BCUT2D eigenvalue weighted by Gasteiger charge is 2.23. The molecule has 1 amide bonds. The van der Waals surface area contributed by atoms with Gasteiger partial charge < -0.3 is 4.90 Å². The maximum Gasteiger partial charge on any atom is 0.264 e. The average molecular weight is 360 g/mol. The molecule has 124 valence electrons. The smallest absolute Gasteiger partial charge is 0.264 e. The molecule has 0 unspecified atom stereocenters. The molecule has 4 rings (SSSR count). The van der Waals surface area contributed by atoms with Crippen LogP contribution in [0.5, 0.6) is 0 Å². The Morgan fingerprint density at radius 2 is 1.88 bits per heavy atom. The van der Waals surface area contributed by atoms with Gasteiger partial charge in [0.15, 0.2) is 0 Å². The van der Waals surface area contributed by atoms with E-state index in [1.54, 1.807) is 16.1 Å². The third-order valence-electron chi connectivity index (χ3n) is 3.91. The van der Waals surface area contributed by atoms with Crippen LogP contribution in [0.1, 0.15) is 9.67 Å². The maximum atomic E-state index is 12.3. The maximum absolute atomic E-state index is 12.3. The third kappa shape index (κ3) is 3.23. The van der Waals surface area contributed by atoms with Gasteiger partial charge in [-0.3, -0.25) is 9.69 Å². The Morgan fingerprint density at radius 1 is 1.08 bits per heavy atom. The molecule has 0 saturated carbocycles. The van der Waals surface area contributed by atoms with Crippen molar-refractivity contribution in [2.45, 2.75) is 6.67 Å². The van der Waals surface area contributed by atoms with Crippen molar-refractivity contribution in [3.05, 3.63) is 39.9 Å². The Kier molecular flexibility index (Phi) is 4.37. The SMILES string of the molecule is O=C(c1cccs1)N1CCN(Cn2nnc(-c3cccs3)n2)CC1. The molecule has 0 radical (unpaired) electrons. The molecule has 0 atom stereocenters. The fourth-order valence-electron chi connectivity index (χ4n) is 2.63. The molecular weight excluding hydrogens is 344 g/mol. The van der Waals surface area contributed by atoms with Crippen LogP contribution in [0.2, 0.25) is 0 Å². The Morgan fingerprint density at radius 3 is 2.58 bits per heavy atom. The van der Waals surface area contributed by atoms with Crippen LogP contribution in [0.4, 0.5) is 0 Å². The van der Waals surface area contributed by atoms with Crippen LogP contribution in [-0.2, 0) is 6.67 Å². The second kappa shape index (κ2) is 6.80. The van der Waals surface area contributed by atoms with Crippen molar-refractivity contribution < 1.29 is 4.79 Å². The molecule has 1 aliphatic rings. The highest BCUT2D eigenvalue weighted by Crippen LogP contribution is 2.19. The summed E-state index contributed by atoms with van der Waals surface area (Å²) in [6.45, 7) is 3.67. The summed E-state index contributed by atoms with van der Waals surface area (Å²) in [5.41, 5.74) is 0. The number of aromatic nitrogens is 4. The lowest BCUT2D eigenvalue weighted by molar-refractivity contribution is 0.0579. The first-order valence-electron chi connectivity index (χ1n) is 7.66. The van der Waals surface area contributed by atoms with Crippen LogP contribution in [0, 0.1) is 0 Å². The fraction of sp³-hybridized carbons (Fsp3) is 0.333. The molecule has 0 spiro atoms. The molecule has 3 aromatic heterocycles. The van der Waals surface area contributed by atoms with E-state index in [1.165, 1.54) is 11.3 Å². The molecule has 1 fully saturated rings.